The number of hydrogen-bond donors (Lipinski definition) is 1. The molecule has 28 heavy (non-hydrogen) atoms. The molecule has 3 rings (SSSR count). The maximum atomic E-state index is 12.1. The number of carbonyl (C=O) groups is 3. The van der Waals surface area contributed by atoms with Gasteiger partial charge in [-0.1, -0.05) is 36.4 Å². The van der Waals surface area contributed by atoms with Crippen LogP contribution in [-0.2, 0) is 20.9 Å². The molecule has 1 atom stereocenters. The van der Waals surface area contributed by atoms with E-state index in [0.29, 0.717) is 17.1 Å². The number of benzene rings is 2. The highest BCUT2D eigenvalue weighted by Gasteiger charge is 2.19. The number of hydrogen-bond acceptors (Lipinski definition) is 6. The molecular weight excluding hydrogens is 362 g/mol. The van der Waals surface area contributed by atoms with Crippen LogP contribution in [0, 0.1) is 0 Å². The van der Waals surface area contributed by atoms with Gasteiger partial charge < -0.3 is 19.5 Å². The SMILES string of the molecule is CC(OC(=O)CCC(=O)c1ccccc1)C(=O)NCc1ccc2c(c1)OCO2. The molecule has 146 valence electrons. The molecule has 0 bridgehead atoms. The van der Waals surface area contributed by atoms with E-state index in [4.69, 9.17) is 14.2 Å². The molecule has 1 amide bonds. The monoisotopic (exact) mass is 383 g/mol. The van der Waals surface area contributed by atoms with Gasteiger partial charge >= 0.3 is 5.97 Å². The highest BCUT2D eigenvalue weighted by atomic mass is 16.7. The molecule has 0 saturated carbocycles. The summed E-state index contributed by atoms with van der Waals surface area (Å²) in [5.41, 5.74) is 1.38. The summed E-state index contributed by atoms with van der Waals surface area (Å²) in [6.07, 6.45) is -0.990. The van der Waals surface area contributed by atoms with E-state index in [9.17, 15) is 14.4 Å². The lowest BCUT2D eigenvalue weighted by Gasteiger charge is -2.13. The minimum atomic E-state index is -0.951. The lowest BCUT2D eigenvalue weighted by atomic mass is 10.1. The molecule has 0 saturated heterocycles. The third-order valence-electron chi connectivity index (χ3n) is 4.23. The largest absolute Gasteiger partial charge is 0.454 e. The van der Waals surface area contributed by atoms with Crippen LogP contribution in [0.25, 0.3) is 0 Å². The highest BCUT2D eigenvalue weighted by Crippen LogP contribution is 2.32. The Morgan fingerprint density at radius 2 is 1.79 bits per heavy atom. The zero-order valence-corrected chi connectivity index (χ0v) is 15.5. The van der Waals surface area contributed by atoms with Crippen molar-refractivity contribution in [3.05, 3.63) is 59.7 Å². The van der Waals surface area contributed by atoms with Gasteiger partial charge in [-0.15, -0.1) is 0 Å². The Morgan fingerprint density at radius 1 is 1.04 bits per heavy atom. The van der Waals surface area contributed by atoms with E-state index in [1.807, 2.05) is 12.1 Å². The molecule has 2 aromatic carbocycles. The van der Waals surface area contributed by atoms with Crippen molar-refractivity contribution in [2.24, 2.45) is 0 Å². The molecule has 0 aromatic heterocycles. The van der Waals surface area contributed by atoms with Crippen LogP contribution in [0.3, 0.4) is 0 Å². The van der Waals surface area contributed by atoms with E-state index < -0.39 is 18.0 Å². The zero-order valence-electron chi connectivity index (χ0n) is 15.5. The summed E-state index contributed by atoms with van der Waals surface area (Å²) in [5.74, 6) is 0.157. The Bertz CT molecular complexity index is 864. The summed E-state index contributed by atoms with van der Waals surface area (Å²) in [4.78, 5) is 36.0. The van der Waals surface area contributed by atoms with Crippen molar-refractivity contribution in [1.29, 1.82) is 0 Å². The highest BCUT2D eigenvalue weighted by molar-refractivity contribution is 5.97. The quantitative estimate of drug-likeness (QED) is 0.557. The van der Waals surface area contributed by atoms with Crippen LogP contribution in [0.5, 0.6) is 11.5 Å². The Balaban J connectivity index is 1.41. The molecule has 1 heterocycles. The topological polar surface area (TPSA) is 90.9 Å². The maximum Gasteiger partial charge on any atom is 0.307 e. The number of Topliss-reactive ketones (excluding diaryl/α,β-unsaturated/α-hetero) is 1. The van der Waals surface area contributed by atoms with Crippen LogP contribution >= 0.6 is 0 Å². The predicted molar refractivity (Wildman–Crippen MR) is 100.0 cm³/mol. The molecule has 0 fully saturated rings. The van der Waals surface area contributed by atoms with Crippen molar-refractivity contribution < 1.29 is 28.6 Å². The average Bonchev–Trinajstić information content (AvgIpc) is 3.18. The van der Waals surface area contributed by atoms with Crippen molar-refractivity contribution in [3.63, 3.8) is 0 Å². The van der Waals surface area contributed by atoms with Crippen molar-refractivity contribution in [2.75, 3.05) is 6.79 Å². The lowest BCUT2D eigenvalue weighted by molar-refractivity contribution is -0.154. The molecule has 7 heteroatoms. The van der Waals surface area contributed by atoms with Gasteiger partial charge in [-0.2, -0.15) is 0 Å². The van der Waals surface area contributed by atoms with Crippen molar-refractivity contribution in [2.45, 2.75) is 32.4 Å². The second-order valence-corrected chi connectivity index (χ2v) is 6.33. The molecule has 0 aliphatic carbocycles. The lowest BCUT2D eigenvalue weighted by Crippen LogP contribution is -2.35. The number of carbonyl (C=O) groups excluding carboxylic acids is 3. The van der Waals surface area contributed by atoms with Gasteiger partial charge in [0.15, 0.2) is 23.4 Å². The first-order chi connectivity index (χ1) is 13.5. The Kier molecular flexibility index (Phi) is 6.26. The van der Waals surface area contributed by atoms with E-state index in [-0.39, 0.29) is 32.0 Å². The normalized spacial score (nSPS) is 12.9. The number of ether oxygens (including phenoxy) is 3. The number of esters is 1. The number of ketones is 1. The van der Waals surface area contributed by atoms with Crippen molar-refractivity contribution in [1.82, 2.24) is 5.32 Å². The van der Waals surface area contributed by atoms with Crippen LogP contribution in [0.2, 0.25) is 0 Å². The van der Waals surface area contributed by atoms with E-state index in [2.05, 4.69) is 5.32 Å². The average molecular weight is 383 g/mol. The standard InChI is InChI=1S/C21H21NO6/c1-14(28-20(24)10-8-17(23)16-5-3-2-4-6-16)21(25)22-12-15-7-9-18-19(11-15)27-13-26-18/h2-7,9,11,14H,8,10,12-13H2,1H3,(H,22,25). The second kappa shape index (κ2) is 9.03. The van der Waals surface area contributed by atoms with Gasteiger partial charge in [-0.25, -0.2) is 0 Å². The van der Waals surface area contributed by atoms with Crippen LogP contribution in [0.4, 0.5) is 0 Å². The molecule has 1 aliphatic rings. The summed E-state index contributed by atoms with van der Waals surface area (Å²) < 4.78 is 15.6. The number of amides is 1. The van der Waals surface area contributed by atoms with E-state index in [1.165, 1.54) is 6.92 Å². The van der Waals surface area contributed by atoms with E-state index >= 15 is 0 Å². The first-order valence-corrected chi connectivity index (χ1v) is 8.97. The molecule has 7 nitrogen and oxygen atoms in total. The minimum absolute atomic E-state index is 0.0361. The summed E-state index contributed by atoms with van der Waals surface area (Å²) in [5, 5.41) is 2.71. The first kappa shape index (κ1) is 19.4. The fourth-order valence-electron chi connectivity index (χ4n) is 2.68. The molecule has 0 radical (unpaired) electrons. The third kappa shape index (κ3) is 5.09. The van der Waals surface area contributed by atoms with Gasteiger partial charge in [0.1, 0.15) is 0 Å². The maximum absolute atomic E-state index is 12.1. The van der Waals surface area contributed by atoms with Gasteiger partial charge in [-0.3, -0.25) is 14.4 Å². The smallest absolute Gasteiger partial charge is 0.307 e. The Labute approximate surface area is 162 Å². The van der Waals surface area contributed by atoms with Crippen LogP contribution in [0.1, 0.15) is 35.7 Å². The van der Waals surface area contributed by atoms with Gasteiger partial charge in [-0.05, 0) is 24.6 Å². The zero-order chi connectivity index (χ0) is 19.9. The minimum Gasteiger partial charge on any atom is -0.454 e. The van der Waals surface area contributed by atoms with Gasteiger partial charge in [0.2, 0.25) is 6.79 Å². The Morgan fingerprint density at radius 3 is 2.57 bits per heavy atom. The molecule has 1 unspecified atom stereocenters. The molecule has 1 aliphatic heterocycles. The number of nitrogens with one attached hydrogen (secondary N) is 1. The van der Waals surface area contributed by atoms with Crippen molar-refractivity contribution >= 4 is 17.7 Å². The molecule has 1 N–H and O–H groups in total. The fourth-order valence-corrected chi connectivity index (χ4v) is 2.68. The number of rotatable bonds is 8. The van der Waals surface area contributed by atoms with Gasteiger partial charge in [0.25, 0.3) is 5.91 Å². The summed E-state index contributed by atoms with van der Waals surface area (Å²) >= 11 is 0. The summed E-state index contributed by atoms with van der Waals surface area (Å²) in [6, 6.07) is 14.1. The fraction of sp³-hybridized carbons (Fsp3) is 0.286. The van der Waals surface area contributed by atoms with Crippen LogP contribution < -0.4 is 14.8 Å². The van der Waals surface area contributed by atoms with Crippen LogP contribution in [-0.4, -0.2) is 30.6 Å². The van der Waals surface area contributed by atoms with Crippen LogP contribution in [0.15, 0.2) is 48.5 Å². The third-order valence-corrected chi connectivity index (χ3v) is 4.23. The van der Waals surface area contributed by atoms with E-state index in [0.717, 1.165) is 5.56 Å². The first-order valence-electron chi connectivity index (χ1n) is 8.97. The number of fused-ring (bicyclic) bond motifs is 1. The predicted octanol–water partition coefficient (Wildman–Crippen LogP) is 2.63. The molecule has 0 spiro atoms. The summed E-state index contributed by atoms with van der Waals surface area (Å²) in [7, 11) is 0. The summed E-state index contributed by atoms with van der Waals surface area (Å²) in [6.45, 7) is 1.95. The molecule has 2 aromatic rings. The van der Waals surface area contributed by atoms with Gasteiger partial charge in [0, 0.05) is 18.5 Å². The van der Waals surface area contributed by atoms with E-state index in [1.54, 1.807) is 36.4 Å². The Hall–Kier alpha value is -3.35. The molecular formula is C21H21NO6. The van der Waals surface area contributed by atoms with Crippen molar-refractivity contribution in [3.8, 4) is 11.5 Å². The van der Waals surface area contributed by atoms with Gasteiger partial charge in [0.05, 0.1) is 6.42 Å². The second-order valence-electron chi connectivity index (χ2n) is 6.33.